The molecule has 0 aliphatic carbocycles. The van der Waals surface area contributed by atoms with Gasteiger partial charge in [0.1, 0.15) is 0 Å². The fourth-order valence-corrected chi connectivity index (χ4v) is 4.22. The minimum absolute atomic E-state index is 0. The molecule has 1 saturated heterocycles. The second-order valence-corrected chi connectivity index (χ2v) is 15.7. The van der Waals surface area contributed by atoms with E-state index < -0.39 is 33.4 Å². The molecule has 0 unspecified atom stereocenters. The maximum absolute atomic E-state index is 12.1. The molecule has 26 heteroatoms. The number of aryl methyl sites for hydroxylation is 1. The Morgan fingerprint density at radius 1 is 0.484 bits per heavy atom. The monoisotopic (exact) mass is 1020 g/mol. The molecule has 0 spiro atoms. The van der Waals surface area contributed by atoms with Crippen LogP contribution in [0, 0.1) is 6.92 Å². The van der Waals surface area contributed by atoms with Gasteiger partial charge in [0.25, 0.3) is 11.8 Å². The topological polar surface area (TPSA) is 141 Å². The molecule has 62 heavy (non-hydrogen) atoms. The number of hydroxylamine groups is 2. The van der Waals surface area contributed by atoms with Crippen LogP contribution in [0.2, 0.25) is 0 Å². The molecular formula is C36H29F12N7O4P2Ru. The van der Waals surface area contributed by atoms with Crippen LogP contribution in [0.15, 0.2) is 134 Å². The molecule has 0 saturated carbocycles. The van der Waals surface area contributed by atoms with Crippen molar-refractivity contribution in [3.05, 3.63) is 145 Å². The summed E-state index contributed by atoms with van der Waals surface area (Å²) in [6.45, 7) is 1.92. The minimum Gasteiger partial charge on any atom is -0.255 e. The van der Waals surface area contributed by atoms with Crippen molar-refractivity contribution in [3.63, 3.8) is 0 Å². The maximum atomic E-state index is 12.1. The van der Waals surface area contributed by atoms with Crippen LogP contribution in [0.25, 0.3) is 34.2 Å². The molecule has 6 aromatic heterocycles. The van der Waals surface area contributed by atoms with Gasteiger partial charge in [0.15, 0.2) is 0 Å². The van der Waals surface area contributed by atoms with E-state index in [4.69, 9.17) is 4.84 Å². The number of carbonyl (C=O) groups is 3. The van der Waals surface area contributed by atoms with Gasteiger partial charge in [-0.05, 0) is 85.3 Å². The standard InChI is InChI=1S/C16H13N3O4.2C10H8N2.2F6P.Ru/c1-10-4-6-17-12(8-10)13-9-11(5-7-18-13)16(22)23-19-14(20)2-3-15(19)21;2*1-3-7-11-9(5-1)10-6-2-4-8-12-10;2*1-7(2,3,4,5)6;/h4-9H,2-3H2,1H3;2*1-8H;;;/q;;;2*-1;+2. The first-order chi connectivity index (χ1) is 27.9. The van der Waals surface area contributed by atoms with Gasteiger partial charge in [0.2, 0.25) is 0 Å². The minimum atomic E-state index is -10.7. The Balaban J connectivity index is 0.000000290. The number of imide groups is 1. The Bertz CT molecular complexity index is 2200. The van der Waals surface area contributed by atoms with Gasteiger partial charge in [-0.25, -0.2) is 4.79 Å². The van der Waals surface area contributed by atoms with E-state index in [9.17, 15) is 64.7 Å². The van der Waals surface area contributed by atoms with Crippen molar-refractivity contribution >= 4 is 33.4 Å². The predicted octanol–water partition coefficient (Wildman–Crippen LogP) is 12.7. The summed E-state index contributed by atoms with van der Waals surface area (Å²) in [5.74, 6) is -1.82. The molecule has 1 aliphatic rings. The van der Waals surface area contributed by atoms with Crippen LogP contribution in [0.5, 0.6) is 0 Å². The summed E-state index contributed by atoms with van der Waals surface area (Å²) in [6.07, 6.45) is 10.3. The number of aromatic nitrogens is 6. The van der Waals surface area contributed by atoms with Gasteiger partial charge < -0.3 is 4.84 Å². The summed E-state index contributed by atoms with van der Waals surface area (Å²) in [7, 11) is -21.3. The van der Waals surface area contributed by atoms with E-state index in [0.717, 1.165) is 28.3 Å². The molecule has 7 rings (SSSR count). The van der Waals surface area contributed by atoms with Crippen LogP contribution in [0.3, 0.4) is 0 Å². The first kappa shape index (κ1) is 52.3. The Kier molecular flexibility index (Phi) is 16.4. The third-order valence-electron chi connectivity index (χ3n) is 6.54. The number of pyridine rings is 6. The average Bonchev–Trinajstić information content (AvgIpc) is 3.49. The number of carbonyl (C=O) groups excluding carboxylic acids is 3. The Morgan fingerprint density at radius 3 is 1.10 bits per heavy atom. The zero-order chi connectivity index (χ0) is 45.7. The van der Waals surface area contributed by atoms with Gasteiger partial charge in [0.05, 0.1) is 39.7 Å². The zero-order valence-electron chi connectivity index (χ0n) is 31.2. The second-order valence-electron chi connectivity index (χ2n) is 11.9. The fraction of sp³-hybridized carbons (Fsp3) is 0.0833. The fourth-order valence-electron chi connectivity index (χ4n) is 4.22. The van der Waals surface area contributed by atoms with Gasteiger partial charge in [-0.3, -0.25) is 39.5 Å². The van der Waals surface area contributed by atoms with Gasteiger partial charge in [0, 0.05) is 50.0 Å². The van der Waals surface area contributed by atoms with E-state index in [1.54, 1.807) is 31.0 Å². The SMILES string of the molecule is Cc1ccnc(-c2cc(C(=O)ON3C(=O)CCC3=O)ccn2)c1.F[P-](F)(F)(F)(F)F.F[P-](F)(F)(F)(F)F.[Ru+2].c1ccc(-c2ccccn2)nc1.c1ccc(-c2ccccn2)nc1. The van der Waals surface area contributed by atoms with Gasteiger partial charge in [-0.15, -0.1) is 5.06 Å². The molecule has 1 aliphatic heterocycles. The predicted molar refractivity (Wildman–Crippen MR) is 201 cm³/mol. The van der Waals surface area contributed by atoms with E-state index in [1.807, 2.05) is 91.9 Å². The Morgan fingerprint density at radius 2 is 0.790 bits per heavy atom. The molecule has 0 bridgehead atoms. The summed E-state index contributed by atoms with van der Waals surface area (Å²) in [4.78, 5) is 65.1. The molecule has 334 valence electrons. The average molecular weight is 1010 g/mol. The third-order valence-corrected chi connectivity index (χ3v) is 6.54. The first-order valence-corrected chi connectivity index (χ1v) is 20.7. The molecule has 0 N–H and O–H groups in total. The van der Waals surface area contributed by atoms with Gasteiger partial charge in [-0.1, -0.05) is 24.3 Å². The molecule has 6 aromatic rings. The van der Waals surface area contributed by atoms with E-state index in [-0.39, 0.29) is 37.9 Å². The third kappa shape index (κ3) is 24.4. The van der Waals surface area contributed by atoms with Crippen LogP contribution >= 0.6 is 15.6 Å². The maximum Gasteiger partial charge on any atom is 2.00 e. The van der Waals surface area contributed by atoms with Crippen molar-refractivity contribution < 1.29 is 89.1 Å². The summed E-state index contributed by atoms with van der Waals surface area (Å²) < 4.78 is 118. The molecule has 0 radical (unpaired) electrons. The number of halogens is 12. The normalized spacial score (nSPS) is 14.2. The number of hydrogen-bond donors (Lipinski definition) is 0. The molecule has 0 atom stereocenters. The molecular weight excluding hydrogens is 985 g/mol. The summed E-state index contributed by atoms with van der Waals surface area (Å²) in [5, 5.41) is 0.521. The van der Waals surface area contributed by atoms with Gasteiger partial charge in [-0.2, -0.15) is 0 Å². The first-order valence-electron chi connectivity index (χ1n) is 16.6. The molecule has 11 nitrogen and oxygen atoms in total. The number of hydrogen-bond acceptors (Lipinski definition) is 10. The van der Waals surface area contributed by atoms with Crippen molar-refractivity contribution in [2.45, 2.75) is 19.8 Å². The number of amides is 2. The van der Waals surface area contributed by atoms with Crippen molar-refractivity contribution in [1.29, 1.82) is 0 Å². The smallest absolute Gasteiger partial charge is 0.255 e. The van der Waals surface area contributed by atoms with Crippen LogP contribution in [0.4, 0.5) is 50.4 Å². The largest absolute Gasteiger partial charge is 2.00 e. The quantitative estimate of drug-likeness (QED) is 0.0709. The summed E-state index contributed by atoms with van der Waals surface area (Å²) in [6, 6.07) is 29.8. The van der Waals surface area contributed by atoms with Crippen molar-refractivity contribution in [3.8, 4) is 34.2 Å². The molecule has 7 heterocycles. The van der Waals surface area contributed by atoms with E-state index in [1.165, 1.54) is 18.3 Å². The molecule has 1 fully saturated rings. The van der Waals surface area contributed by atoms with E-state index in [2.05, 4.69) is 29.9 Å². The van der Waals surface area contributed by atoms with Crippen LogP contribution in [0.1, 0.15) is 28.8 Å². The number of nitrogens with zero attached hydrogens (tertiary/aromatic N) is 7. The van der Waals surface area contributed by atoms with Crippen LogP contribution < -0.4 is 0 Å². The van der Waals surface area contributed by atoms with Crippen LogP contribution in [-0.2, 0) is 33.9 Å². The van der Waals surface area contributed by atoms with Crippen LogP contribution in [-0.4, -0.2) is 52.8 Å². The van der Waals surface area contributed by atoms with Gasteiger partial charge >= 0.3 is 91.4 Å². The molecule has 2 amide bonds. The number of rotatable bonds is 5. The molecule has 0 aromatic carbocycles. The summed E-state index contributed by atoms with van der Waals surface area (Å²) >= 11 is 0. The summed E-state index contributed by atoms with van der Waals surface area (Å²) in [5.41, 5.74) is 5.98. The van der Waals surface area contributed by atoms with E-state index in [0.29, 0.717) is 16.5 Å². The van der Waals surface area contributed by atoms with E-state index >= 15 is 0 Å². The van der Waals surface area contributed by atoms with Crippen molar-refractivity contribution in [1.82, 2.24) is 35.0 Å². The Hall–Kier alpha value is -5.85. The van der Waals surface area contributed by atoms with Crippen molar-refractivity contribution in [2.75, 3.05) is 0 Å². The zero-order valence-corrected chi connectivity index (χ0v) is 34.7. The Labute approximate surface area is 355 Å². The second kappa shape index (κ2) is 19.5. The van der Waals surface area contributed by atoms with Crippen molar-refractivity contribution in [2.24, 2.45) is 0 Å².